The van der Waals surface area contributed by atoms with Crippen LogP contribution in [0.25, 0.3) is 0 Å². The van der Waals surface area contributed by atoms with E-state index < -0.39 is 0 Å². The number of fused-ring (bicyclic) bond motifs is 1. The van der Waals surface area contributed by atoms with Crippen LogP contribution in [0.5, 0.6) is 0 Å². The van der Waals surface area contributed by atoms with Gasteiger partial charge in [0.25, 0.3) is 0 Å². The summed E-state index contributed by atoms with van der Waals surface area (Å²) in [5.74, 6) is 0.690. The molecule has 0 radical (unpaired) electrons. The summed E-state index contributed by atoms with van der Waals surface area (Å²) in [7, 11) is 0. The number of aryl methyl sites for hydroxylation is 1. The third-order valence-electron chi connectivity index (χ3n) is 4.39. The summed E-state index contributed by atoms with van der Waals surface area (Å²) in [5, 5.41) is 3.63. The third-order valence-corrected chi connectivity index (χ3v) is 4.39. The van der Waals surface area contributed by atoms with E-state index in [4.69, 9.17) is 0 Å². The summed E-state index contributed by atoms with van der Waals surface area (Å²) in [6.07, 6.45) is 6.28. The van der Waals surface area contributed by atoms with Gasteiger partial charge < -0.3 is 5.32 Å². The predicted octanol–water partition coefficient (Wildman–Crippen LogP) is 3.77. The van der Waals surface area contributed by atoms with E-state index >= 15 is 0 Å². The van der Waals surface area contributed by atoms with Crippen LogP contribution in [0.1, 0.15) is 47.6 Å². The van der Waals surface area contributed by atoms with Gasteiger partial charge in [0.2, 0.25) is 0 Å². The summed E-state index contributed by atoms with van der Waals surface area (Å²) in [5.41, 5.74) is 5.74. The summed E-state index contributed by atoms with van der Waals surface area (Å²) >= 11 is 0. The number of nitrogens with one attached hydrogen (secondary N) is 1. The fraction of sp³-hybridized carbons (Fsp3) is 0.389. The zero-order valence-electron chi connectivity index (χ0n) is 12.3. The Morgan fingerprint density at radius 3 is 2.90 bits per heavy atom. The van der Waals surface area contributed by atoms with E-state index in [2.05, 4.69) is 54.5 Å². The highest BCUT2D eigenvalue weighted by molar-refractivity contribution is 5.40. The van der Waals surface area contributed by atoms with Gasteiger partial charge >= 0.3 is 0 Å². The maximum Gasteiger partial charge on any atom is 0.0343 e. The quantitative estimate of drug-likeness (QED) is 0.891. The van der Waals surface area contributed by atoms with E-state index in [-0.39, 0.29) is 0 Å². The van der Waals surface area contributed by atoms with Crippen LogP contribution in [0.2, 0.25) is 0 Å². The molecule has 0 amide bonds. The lowest BCUT2D eigenvalue weighted by molar-refractivity contribution is 0.434. The van der Waals surface area contributed by atoms with E-state index in [1.165, 1.54) is 28.7 Å². The Hall–Kier alpha value is -1.67. The molecule has 2 unspecified atom stereocenters. The van der Waals surface area contributed by atoms with Gasteiger partial charge in [-0.3, -0.25) is 4.98 Å². The van der Waals surface area contributed by atoms with Crippen LogP contribution in [0.4, 0.5) is 0 Å². The summed E-state index contributed by atoms with van der Waals surface area (Å²) < 4.78 is 0. The van der Waals surface area contributed by atoms with Crippen molar-refractivity contribution in [2.45, 2.75) is 38.6 Å². The minimum absolute atomic E-state index is 0.409. The van der Waals surface area contributed by atoms with Crippen LogP contribution in [0.3, 0.4) is 0 Å². The molecule has 0 aliphatic heterocycles. The van der Waals surface area contributed by atoms with Crippen LogP contribution in [0, 0.1) is 6.92 Å². The van der Waals surface area contributed by atoms with Gasteiger partial charge in [-0.1, -0.05) is 31.2 Å². The summed E-state index contributed by atoms with van der Waals surface area (Å²) in [6, 6.07) is 11.3. The largest absolute Gasteiger partial charge is 0.310 e. The van der Waals surface area contributed by atoms with Crippen LogP contribution < -0.4 is 5.32 Å². The second kappa shape index (κ2) is 5.76. The molecule has 3 rings (SSSR count). The van der Waals surface area contributed by atoms with Crippen molar-refractivity contribution in [3.63, 3.8) is 0 Å². The smallest absolute Gasteiger partial charge is 0.0343 e. The third kappa shape index (κ3) is 2.48. The van der Waals surface area contributed by atoms with E-state index in [9.17, 15) is 0 Å². The SMILES string of the molecule is CCNC(CC1Cc2ccccc21)c1cnccc1C. The number of aromatic nitrogens is 1. The molecule has 1 aliphatic rings. The molecule has 0 bridgehead atoms. The highest BCUT2D eigenvalue weighted by atomic mass is 14.9. The first kappa shape index (κ1) is 13.3. The maximum absolute atomic E-state index is 4.30. The molecule has 0 spiro atoms. The van der Waals surface area contributed by atoms with Crippen molar-refractivity contribution in [2.75, 3.05) is 6.54 Å². The van der Waals surface area contributed by atoms with E-state index in [0.717, 1.165) is 13.0 Å². The molecule has 1 aliphatic carbocycles. The van der Waals surface area contributed by atoms with E-state index in [1.54, 1.807) is 0 Å². The highest BCUT2D eigenvalue weighted by Gasteiger charge is 2.28. The van der Waals surface area contributed by atoms with Crippen molar-refractivity contribution in [2.24, 2.45) is 0 Å². The molecule has 1 N–H and O–H groups in total. The minimum atomic E-state index is 0.409. The topological polar surface area (TPSA) is 24.9 Å². The van der Waals surface area contributed by atoms with Crippen molar-refractivity contribution in [1.82, 2.24) is 10.3 Å². The number of rotatable bonds is 5. The van der Waals surface area contributed by atoms with E-state index in [1.807, 2.05) is 12.4 Å². The minimum Gasteiger partial charge on any atom is -0.310 e. The molecule has 20 heavy (non-hydrogen) atoms. The first-order valence-electron chi connectivity index (χ1n) is 7.51. The average Bonchev–Trinajstić information content (AvgIpc) is 2.44. The van der Waals surface area contributed by atoms with Crippen molar-refractivity contribution >= 4 is 0 Å². The fourth-order valence-electron chi connectivity index (χ4n) is 3.27. The Morgan fingerprint density at radius 1 is 1.30 bits per heavy atom. The van der Waals surface area contributed by atoms with Gasteiger partial charge in [-0.25, -0.2) is 0 Å². The van der Waals surface area contributed by atoms with Crippen molar-refractivity contribution < 1.29 is 0 Å². The van der Waals surface area contributed by atoms with Gasteiger partial charge in [0, 0.05) is 18.4 Å². The Morgan fingerprint density at radius 2 is 2.15 bits per heavy atom. The van der Waals surface area contributed by atoms with Gasteiger partial charge in [0.15, 0.2) is 0 Å². The molecule has 1 aromatic heterocycles. The standard InChI is InChI=1S/C18H22N2/c1-3-20-18(17-12-19-9-8-13(17)2)11-15-10-14-6-4-5-7-16(14)15/h4-9,12,15,18,20H,3,10-11H2,1-2H3. The maximum atomic E-state index is 4.30. The van der Waals surface area contributed by atoms with Crippen LogP contribution >= 0.6 is 0 Å². The molecular formula is C18H22N2. The molecule has 2 atom stereocenters. The molecular weight excluding hydrogens is 244 g/mol. The lowest BCUT2D eigenvalue weighted by Crippen LogP contribution is -2.27. The summed E-state index contributed by atoms with van der Waals surface area (Å²) in [4.78, 5) is 4.30. The Labute approximate surface area is 121 Å². The molecule has 2 aromatic rings. The molecule has 0 saturated carbocycles. The first-order valence-corrected chi connectivity index (χ1v) is 7.51. The van der Waals surface area contributed by atoms with E-state index in [0.29, 0.717) is 12.0 Å². The number of hydrogen-bond acceptors (Lipinski definition) is 2. The zero-order valence-corrected chi connectivity index (χ0v) is 12.3. The van der Waals surface area contributed by atoms with Gasteiger partial charge in [0.05, 0.1) is 0 Å². The highest BCUT2D eigenvalue weighted by Crippen LogP contribution is 2.40. The Bertz CT molecular complexity index is 591. The van der Waals surface area contributed by atoms with Crippen LogP contribution in [-0.4, -0.2) is 11.5 Å². The lowest BCUT2D eigenvalue weighted by Gasteiger charge is -2.33. The monoisotopic (exact) mass is 266 g/mol. The summed E-state index contributed by atoms with van der Waals surface area (Å²) in [6.45, 7) is 5.34. The Kier molecular flexibility index (Phi) is 3.83. The molecule has 2 heteroatoms. The van der Waals surface area contributed by atoms with Crippen LogP contribution in [0.15, 0.2) is 42.7 Å². The second-order valence-corrected chi connectivity index (χ2v) is 5.68. The molecule has 2 nitrogen and oxygen atoms in total. The number of pyridine rings is 1. The molecule has 0 fully saturated rings. The number of hydrogen-bond donors (Lipinski definition) is 1. The number of nitrogens with zero attached hydrogens (tertiary/aromatic N) is 1. The average molecular weight is 266 g/mol. The first-order chi connectivity index (χ1) is 9.79. The fourth-order valence-corrected chi connectivity index (χ4v) is 3.27. The zero-order chi connectivity index (χ0) is 13.9. The molecule has 0 saturated heterocycles. The van der Waals surface area contributed by atoms with Crippen molar-refractivity contribution in [1.29, 1.82) is 0 Å². The Balaban J connectivity index is 1.78. The normalized spacial score (nSPS) is 18.2. The molecule has 1 heterocycles. The van der Waals surface area contributed by atoms with Crippen molar-refractivity contribution in [3.8, 4) is 0 Å². The van der Waals surface area contributed by atoms with Gasteiger partial charge in [-0.15, -0.1) is 0 Å². The van der Waals surface area contributed by atoms with Gasteiger partial charge in [-0.05, 0) is 60.5 Å². The molecule has 104 valence electrons. The van der Waals surface area contributed by atoms with Gasteiger partial charge in [-0.2, -0.15) is 0 Å². The predicted molar refractivity (Wildman–Crippen MR) is 82.9 cm³/mol. The lowest BCUT2D eigenvalue weighted by atomic mass is 9.73. The van der Waals surface area contributed by atoms with Gasteiger partial charge in [0.1, 0.15) is 0 Å². The second-order valence-electron chi connectivity index (χ2n) is 5.68. The van der Waals surface area contributed by atoms with Crippen LogP contribution in [-0.2, 0) is 6.42 Å². The molecule has 1 aromatic carbocycles. The van der Waals surface area contributed by atoms with Crippen molar-refractivity contribution in [3.05, 3.63) is 65.0 Å². The number of benzene rings is 1.